The Morgan fingerprint density at radius 2 is 1.96 bits per heavy atom. The van der Waals surface area contributed by atoms with E-state index in [1.54, 1.807) is 0 Å². The van der Waals surface area contributed by atoms with Gasteiger partial charge in [-0.3, -0.25) is 4.79 Å². The van der Waals surface area contributed by atoms with Crippen molar-refractivity contribution in [3.63, 3.8) is 0 Å². The topological polar surface area (TPSA) is 122 Å². The van der Waals surface area contributed by atoms with Crippen molar-refractivity contribution in [1.29, 1.82) is 0 Å². The molecular weight excluding hydrogens is 314 g/mol. The third kappa shape index (κ3) is 5.45. The maximum atomic E-state index is 11.9. The molecule has 8 heteroatoms. The normalized spacial score (nSPS) is 20.2. The number of rotatable bonds is 5. The number of nitrogens with two attached hydrogens (primary N) is 1. The molecule has 8 nitrogen and oxygen atoms in total. The number of nitrogens with zero attached hydrogens (tertiary/aromatic N) is 1. The minimum Gasteiger partial charge on any atom is -0.481 e. The monoisotopic (exact) mass is 335 g/mol. The average molecular weight is 335 g/mol. The van der Waals surface area contributed by atoms with Crippen molar-refractivity contribution in [2.45, 2.75) is 25.5 Å². The smallest absolute Gasteiger partial charge is 0.407 e. The summed E-state index contributed by atoms with van der Waals surface area (Å²) >= 11 is 0. The predicted octanol–water partition coefficient (Wildman–Crippen LogP) is 1.16. The number of carboxylic acids is 1. The summed E-state index contributed by atoms with van der Waals surface area (Å²) in [5.41, 5.74) is 6.14. The van der Waals surface area contributed by atoms with Crippen LogP contribution in [0.5, 0.6) is 0 Å². The third-order valence-electron chi connectivity index (χ3n) is 3.85. The number of amides is 3. The van der Waals surface area contributed by atoms with Crippen LogP contribution in [0.25, 0.3) is 0 Å². The van der Waals surface area contributed by atoms with Crippen LogP contribution in [0.2, 0.25) is 0 Å². The first kappa shape index (κ1) is 17.6. The molecule has 1 saturated heterocycles. The van der Waals surface area contributed by atoms with E-state index in [-0.39, 0.29) is 38.1 Å². The molecule has 0 aliphatic carbocycles. The SMILES string of the molecule is NC(=O)N1CC(CC(=O)O)CC(NC(=O)OCc2ccccc2)C1. The van der Waals surface area contributed by atoms with Gasteiger partial charge in [-0.05, 0) is 17.9 Å². The van der Waals surface area contributed by atoms with Gasteiger partial charge >= 0.3 is 18.1 Å². The highest BCUT2D eigenvalue weighted by Gasteiger charge is 2.31. The number of carboxylic acid groups (broad SMARTS) is 1. The number of carbonyl (C=O) groups excluding carboxylic acids is 2. The maximum absolute atomic E-state index is 11.9. The lowest BCUT2D eigenvalue weighted by Crippen LogP contribution is -2.54. The molecule has 0 radical (unpaired) electrons. The summed E-state index contributed by atoms with van der Waals surface area (Å²) in [4.78, 5) is 35.5. The molecule has 130 valence electrons. The highest BCUT2D eigenvalue weighted by atomic mass is 16.5. The van der Waals surface area contributed by atoms with E-state index in [2.05, 4.69) is 5.32 Å². The van der Waals surface area contributed by atoms with Crippen LogP contribution in [-0.2, 0) is 16.1 Å². The van der Waals surface area contributed by atoms with Crippen molar-refractivity contribution < 1.29 is 24.2 Å². The molecular formula is C16H21N3O5. The summed E-state index contributed by atoms with van der Waals surface area (Å²) in [6.07, 6.45) is -0.235. The van der Waals surface area contributed by atoms with Crippen LogP contribution in [0, 0.1) is 5.92 Å². The zero-order chi connectivity index (χ0) is 17.5. The molecule has 1 aromatic rings. The first-order valence-corrected chi connectivity index (χ1v) is 7.67. The molecule has 24 heavy (non-hydrogen) atoms. The Morgan fingerprint density at radius 3 is 2.58 bits per heavy atom. The molecule has 0 bridgehead atoms. The van der Waals surface area contributed by atoms with Gasteiger partial charge in [-0.2, -0.15) is 0 Å². The number of primary amides is 1. The van der Waals surface area contributed by atoms with Crippen LogP contribution < -0.4 is 11.1 Å². The zero-order valence-electron chi connectivity index (χ0n) is 13.2. The highest BCUT2D eigenvalue weighted by Crippen LogP contribution is 2.20. The Morgan fingerprint density at radius 1 is 1.25 bits per heavy atom. The molecule has 2 rings (SSSR count). The molecule has 1 heterocycles. The van der Waals surface area contributed by atoms with E-state index in [4.69, 9.17) is 15.6 Å². The molecule has 4 N–H and O–H groups in total. The van der Waals surface area contributed by atoms with Crippen molar-refractivity contribution in [2.75, 3.05) is 13.1 Å². The zero-order valence-corrected chi connectivity index (χ0v) is 13.2. The first-order valence-electron chi connectivity index (χ1n) is 7.67. The van der Waals surface area contributed by atoms with E-state index in [0.717, 1.165) is 5.56 Å². The van der Waals surface area contributed by atoms with Crippen molar-refractivity contribution in [3.05, 3.63) is 35.9 Å². The van der Waals surface area contributed by atoms with Crippen molar-refractivity contribution in [3.8, 4) is 0 Å². The number of aliphatic carboxylic acids is 1. The molecule has 0 aromatic heterocycles. The number of urea groups is 1. The fourth-order valence-corrected chi connectivity index (χ4v) is 2.81. The second-order valence-corrected chi connectivity index (χ2v) is 5.85. The van der Waals surface area contributed by atoms with Crippen LogP contribution >= 0.6 is 0 Å². The van der Waals surface area contributed by atoms with Crippen molar-refractivity contribution in [2.24, 2.45) is 11.7 Å². The molecule has 3 amide bonds. The summed E-state index contributed by atoms with van der Waals surface area (Å²) in [5.74, 6) is -1.21. The summed E-state index contributed by atoms with van der Waals surface area (Å²) in [7, 11) is 0. The molecule has 2 atom stereocenters. The van der Waals surface area contributed by atoms with Gasteiger partial charge in [0.15, 0.2) is 0 Å². The number of alkyl carbamates (subject to hydrolysis) is 1. The number of piperidine rings is 1. The van der Waals surface area contributed by atoms with Gasteiger partial charge in [0.1, 0.15) is 6.61 Å². The van der Waals surface area contributed by atoms with E-state index < -0.39 is 18.1 Å². The van der Waals surface area contributed by atoms with Gasteiger partial charge in [-0.25, -0.2) is 9.59 Å². The molecule has 0 spiro atoms. The predicted molar refractivity (Wildman–Crippen MR) is 85.1 cm³/mol. The molecule has 1 aliphatic heterocycles. The van der Waals surface area contributed by atoms with Gasteiger partial charge in [0.05, 0.1) is 6.04 Å². The Bertz CT molecular complexity index is 593. The fourth-order valence-electron chi connectivity index (χ4n) is 2.81. The maximum Gasteiger partial charge on any atom is 0.407 e. The standard InChI is InChI=1S/C16H21N3O5/c17-15(22)19-8-12(7-14(20)21)6-13(9-19)18-16(23)24-10-11-4-2-1-3-5-11/h1-5,12-13H,6-10H2,(H2,17,22)(H,18,23)(H,20,21). The lowest BCUT2D eigenvalue weighted by Gasteiger charge is -2.36. The number of carbonyl (C=O) groups is 3. The Labute approximate surface area is 139 Å². The van der Waals surface area contributed by atoms with Crippen LogP contribution in [0.3, 0.4) is 0 Å². The highest BCUT2D eigenvalue weighted by molar-refractivity contribution is 5.73. The lowest BCUT2D eigenvalue weighted by molar-refractivity contribution is -0.138. The number of likely N-dealkylation sites (tertiary alicyclic amines) is 1. The fraction of sp³-hybridized carbons (Fsp3) is 0.438. The second kappa shape index (κ2) is 8.19. The molecule has 1 aromatic carbocycles. The lowest BCUT2D eigenvalue weighted by atomic mass is 9.92. The minimum atomic E-state index is -0.947. The molecule has 1 fully saturated rings. The Kier molecular flexibility index (Phi) is 6.00. The molecule has 0 saturated carbocycles. The van der Waals surface area contributed by atoms with E-state index >= 15 is 0 Å². The van der Waals surface area contributed by atoms with Crippen molar-refractivity contribution in [1.82, 2.24) is 10.2 Å². The Balaban J connectivity index is 1.87. The number of hydrogen-bond donors (Lipinski definition) is 3. The van der Waals surface area contributed by atoms with Crippen LogP contribution in [-0.4, -0.2) is 47.2 Å². The van der Waals surface area contributed by atoms with E-state index in [9.17, 15) is 14.4 Å². The minimum absolute atomic E-state index is 0.0823. The third-order valence-corrected chi connectivity index (χ3v) is 3.85. The van der Waals surface area contributed by atoms with E-state index in [1.165, 1.54) is 4.90 Å². The summed E-state index contributed by atoms with van der Waals surface area (Å²) < 4.78 is 5.14. The van der Waals surface area contributed by atoms with Crippen LogP contribution in [0.4, 0.5) is 9.59 Å². The molecule has 1 aliphatic rings. The van der Waals surface area contributed by atoms with Gasteiger partial charge in [-0.1, -0.05) is 30.3 Å². The number of hydrogen-bond acceptors (Lipinski definition) is 4. The van der Waals surface area contributed by atoms with Crippen LogP contribution in [0.1, 0.15) is 18.4 Å². The van der Waals surface area contributed by atoms with Gasteiger partial charge in [-0.15, -0.1) is 0 Å². The number of ether oxygens (including phenoxy) is 1. The van der Waals surface area contributed by atoms with Crippen LogP contribution in [0.15, 0.2) is 30.3 Å². The summed E-state index contributed by atoms with van der Waals surface area (Å²) in [5, 5.41) is 11.6. The molecule has 2 unspecified atom stereocenters. The summed E-state index contributed by atoms with van der Waals surface area (Å²) in [6, 6.07) is 8.22. The largest absolute Gasteiger partial charge is 0.481 e. The first-order chi connectivity index (χ1) is 11.4. The number of nitrogens with one attached hydrogen (secondary N) is 1. The van der Waals surface area contributed by atoms with Gasteiger partial charge in [0.25, 0.3) is 0 Å². The van der Waals surface area contributed by atoms with Gasteiger partial charge in [0, 0.05) is 19.5 Å². The van der Waals surface area contributed by atoms with Gasteiger partial charge < -0.3 is 25.8 Å². The average Bonchev–Trinajstić information content (AvgIpc) is 2.53. The van der Waals surface area contributed by atoms with Gasteiger partial charge in [0.2, 0.25) is 0 Å². The quantitative estimate of drug-likeness (QED) is 0.745. The second-order valence-electron chi connectivity index (χ2n) is 5.85. The van der Waals surface area contributed by atoms with E-state index in [1.807, 2.05) is 30.3 Å². The number of benzene rings is 1. The van der Waals surface area contributed by atoms with Crippen molar-refractivity contribution >= 4 is 18.1 Å². The van der Waals surface area contributed by atoms with E-state index in [0.29, 0.717) is 6.42 Å². The Hall–Kier alpha value is -2.77. The summed E-state index contributed by atoms with van der Waals surface area (Å²) in [6.45, 7) is 0.655.